The van der Waals surface area contributed by atoms with Crippen LogP contribution in [0.2, 0.25) is 0 Å². The Bertz CT molecular complexity index is 164. The van der Waals surface area contributed by atoms with Crippen LogP contribution in [0.5, 0.6) is 0 Å². The number of nitrogens with one attached hydrogen (secondary N) is 2. The molecule has 0 heterocycles. The van der Waals surface area contributed by atoms with Crippen LogP contribution in [0, 0.1) is 9.81 Å². The summed E-state index contributed by atoms with van der Waals surface area (Å²) in [5, 5.41) is 19.9. The van der Waals surface area contributed by atoms with Gasteiger partial charge in [0.2, 0.25) is 0 Å². The molecule has 0 saturated carbocycles. The molecule has 0 bridgehead atoms. The summed E-state index contributed by atoms with van der Waals surface area (Å²) in [7, 11) is 9.67. The third-order valence-corrected chi connectivity index (χ3v) is 0.420. The van der Waals surface area contributed by atoms with Crippen molar-refractivity contribution in [2.24, 2.45) is 10.4 Å². The molecule has 0 spiro atoms. The minimum absolute atomic E-state index is 0.226. The van der Waals surface area contributed by atoms with E-state index in [1.165, 1.54) is 0 Å². The number of nitroso groups, excluding NO2 is 2. The molecule has 91 valence electrons. The molecule has 0 aliphatic carbocycles. The molecule has 11 heteroatoms. The summed E-state index contributed by atoms with van der Waals surface area (Å²) in [5.41, 5.74) is 3.19. The van der Waals surface area contributed by atoms with Gasteiger partial charge >= 0.3 is 34.5 Å². The molecular weight excluding hydrogens is 342 g/mol. The summed E-state index contributed by atoms with van der Waals surface area (Å²) in [6.45, 7) is 0. The summed E-state index contributed by atoms with van der Waals surface area (Å²) in [5.74, 6) is 0. The summed E-state index contributed by atoms with van der Waals surface area (Å²) in [6, 6.07) is 0. The molecule has 0 radical (unpaired) electrons. The van der Waals surface area contributed by atoms with E-state index in [2.05, 4.69) is 10.4 Å². The van der Waals surface area contributed by atoms with Crippen LogP contribution in [0.25, 0.3) is 0 Å². The van der Waals surface area contributed by atoms with Crippen LogP contribution < -0.4 is 11.0 Å². The summed E-state index contributed by atoms with van der Waals surface area (Å²) >= 11 is -0.226. The number of hydroxylamine groups is 2. The number of nitrogens with zero attached hydrogens (tertiary/aromatic N) is 2. The second-order valence-electron chi connectivity index (χ2n) is 1.15. The van der Waals surface area contributed by atoms with E-state index in [0.29, 0.717) is 0 Å². The Labute approximate surface area is 101 Å². The van der Waals surface area contributed by atoms with Crippen molar-refractivity contribution < 1.29 is 25.6 Å². The molecule has 0 aromatic carbocycles. The van der Waals surface area contributed by atoms with Gasteiger partial charge in [-0.05, 0) is 10.4 Å². The van der Waals surface area contributed by atoms with Gasteiger partial charge in [-0.1, -0.05) is 0 Å². The van der Waals surface area contributed by atoms with Crippen molar-refractivity contribution in [1.29, 1.82) is 0 Å². The average molecular weight is 350 g/mol. The van der Waals surface area contributed by atoms with Crippen molar-refractivity contribution >= 4 is 19.4 Å². The molecule has 8 nitrogen and oxygen atoms in total. The number of halogens is 2. The molecule has 0 amide bonds. The van der Waals surface area contributed by atoms with Crippen LogP contribution in [-0.2, 0) is 15.1 Å². The Morgan fingerprint density at radius 1 is 1.00 bits per heavy atom. The maximum absolute atomic E-state index is 9.08. The van der Waals surface area contributed by atoms with Crippen LogP contribution in [0.4, 0.5) is 0 Å². The molecule has 0 aromatic rings. The zero-order valence-corrected chi connectivity index (χ0v) is 10.2. The van der Waals surface area contributed by atoms with E-state index >= 15 is 0 Å². The van der Waals surface area contributed by atoms with E-state index in [9.17, 15) is 0 Å². The van der Waals surface area contributed by atoms with Crippen molar-refractivity contribution in [3.8, 4) is 0 Å². The molecule has 0 unspecified atom stereocenters. The summed E-state index contributed by atoms with van der Waals surface area (Å²) in [4.78, 5) is 18.2. The Balaban J connectivity index is -0.000000153. The first kappa shape index (κ1) is 19.9. The third kappa shape index (κ3) is 59.7. The maximum atomic E-state index is 9.08. The standard InChI is InChI=1S/2C2H4N2O2.2ClH.Rh/c2*5-3-1-2-4-6;;;/h2*1-3,5H;2*1H;/q;;;;+2/p-2/b2*2-1-;;;. The third-order valence-electron chi connectivity index (χ3n) is 0.420. The Morgan fingerprint density at radius 2 is 1.27 bits per heavy atom. The number of hydrogen-bond acceptors (Lipinski definition) is 8. The Morgan fingerprint density at radius 3 is 1.33 bits per heavy atom. The average Bonchev–Trinajstić information content (AvgIpc) is 2.25. The van der Waals surface area contributed by atoms with Crippen LogP contribution in [0.15, 0.2) is 35.2 Å². The number of hydrogen-bond donors (Lipinski definition) is 4. The van der Waals surface area contributed by atoms with E-state index in [1.54, 1.807) is 11.0 Å². The van der Waals surface area contributed by atoms with Gasteiger partial charge in [-0.15, -0.1) is 9.81 Å². The van der Waals surface area contributed by atoms with Gasteiger partial charge in [-0.2, -0.15) is 0 Å². The first-order valence-corrected chi connectivity index (χ1v) is 7.04. The van der Waals surface area contributed by atoms with E-state index in [4.69, 9.17) is 39.6 Å². The monoisotopic (exact) mass is 349 g/mol. The molecule has 0 aromatic heterocycles. The second-order valence-corrected chi connectivity index (χ2v) is 3.64. The van der Waals surface area contributed by atoms with Crippen LogP contribution in [0.1, 0.15) is 0 Å². The normalized spacial score (nSPS) is 8.53. The first-order chi connectivity index (χ1) is 7.24. The van der Waals surface area contributed by atoms with Crippen molar-refractivity contribution in [2.75, 3.05) is 0 Å². The van der Waals surface area contributed by atoms with Gasteiger partial charge in [0.05, 0.1) is 12.4 Å². The Kier molecular flexibility index (Phi) is 38.7. The molecule has 0 saturated heterocycles. The van der Waals surface area contributed by atoms with E-state index in [0.717, 1.165) is 24.8 Å². The minimum atomic E-state index is -0.226. The fraction of sp³-hybridized carbons (Fsp3) is 0. The van der Waals surface area contributed by atoms with Gasteiger partial charge in [0, 0.05) is 12.4 Å². The molecule has 0 rings (SSSR count). The van der Waals surface area contributed by atoms with Crippen LogP contribution >= 0.6 is 19.4 Å². The van der Waals surface area contributed by atoms with E-state index in [1.807, 2.05) is 0 Å². The quantitative estimate of drug-likeness (QED) is 0.348. The molecular formula is C4H8Cl2N4O4Rh. The zero-order chi connectivity index (χ0) is 12.4. The van der Waals surface area contributed by atoms with Crippen molar-refractivity contribution in [1.82, 2.24) is 11.0 Å². The molecule has 15 heavy (non-hydrogen) atoms. The molecule has 0 aliphatic rings. The van der Waals surface area contributed by atoms with Crippen molar-refractivity contribution in [2.45, 2.75) is 0 Å². The number of rotatable bonds is 4. The van der Waals surface area contributed by atoms with Gasteiger partial charge in [0.25, 0.3) is 0 Å². The summed E-state index contributed by atoms with van der Waals surface area (Å²) < 4.78 is 0. The van der Waals surface area contributed by atoms with Crippen LogP contribution in [-0.4, -0.2) is 10.4 Å². The van der Waals surface area contributed by atoms with Gasteiger partial charge < -0.3 is 0 Å². The van der Waals surface area contributed by atoms with Gasteiger partial charge in [0.15, 0.2) is 0 Å². The van der Waals surface area contributed by atoms with Gasteiger partial charge in [-0.25, -0.2) is 0 Å². The fourth-order valence-electron chi connectivity index (χ4n) is 0.128. The van der Waals surface area contributed by atoms with Crippen LogP contribution in [0.3, 0.4) is 0 Å². The Hall–Kier alpha value is -0.597. The second kappa shape index (κ2) is 29.2. The molecule has 0 aliphatic heterocycles. The zero-order valence-electron chi connectivity index (χ0n) is 7.00. The molecule has 0 atom stereocenters. The van der Waals surface area contributed by atoms with Gasteiger partial charge in [0.1, 0.15) is 0 Å². The predicted octanol–water partition coefficient (Wildman–Crippen LogP) is 1.78. The molecule has 4 N–H and O–H groups in total. The van der Waals surface area contributed by atoms with Gasteiger partial charge in [-0.3, -0.25) is 21.4 Å². The van der Waals surface area contributed by atoms with E-state index < -0.39 is 0 Å². The SMILES string of the molecule is O=N/C=C\NO.O=N/C=C\NO.[Cl][Rh][Cl]. The van der Waals surface area contributed by atoms with E-state index in [-0.39, 0.29) is 15.1 Å². The van der Waals surface area contributed by atoms with Crippen molar-refractivity contribution in [3.05, 3.63) is 34.6 Å². The molecule has 0 fully saturated rings. The first-order valence-electron chi connectivity index (χ1n) is 2.82. The summed E-state index contributed by atoms with van der Waals surface area (Å²) in [6.07, 6.45) is 3.79. The fourth-order valence-corrected chi connectivity index (χ4v) is 0.128. The topological polar surface area (TPSA) is 123 Å². The predicted molar refractivity (Wildman–Crippen MR) is 51.4 cm³/mol. The van der Waals surface area contributed by atoms with Crippen molar-refractivity contribution in [3.63, 3.8) is 0 Å².